The Morgan fingerprint density at radius 1 is 1.38 bits per heavy atom. The van der Waals surface area contributed by atoms with E-state index in [4.69, 9.17) is 17.0 Å². The Morgan fingerprint density at radius 3 is 2.46 bits per heavy atom. The summed E-state index contributed by atoms with van der Waals surface area (Å²) in [6, 6.07) is 0.452. The van der Waals surface area contributed by atoms with Gasteiger partial charge in [0.05, 0.1) is 6.61 Å². The summed E-state index contributed by atoms with van der Waals surface area (Å²) >= 11 is 5.11. The zero-order chi connectivity index (χ0) is 10.3. The third kappa shape index (κ3) is 8.19. The van der Waals surface area contributed by atoms with Crippen molar-refractivity contribution < 1.29 is 4.74 Å². The fourth-order valence-electron chi connectivity index (χ4n) is 1.28. The van der Waals surface area contributed by atoms with Crippen molar-refractivity contribution in [2.24, 2.45) is 5.92 Å². The smallest absolute Gasteiger partial charge is 0.102 e. The fraction of sp³-hybridized carbons (Fsp3) is 0.900. The average molecular weight is 203 g/mol. The van der Waals surface area contributed by atoms with Crippen molar-refractivity contribution in [2.75, 3.05) is 13.2 Å². The quantitative estimate of drug-likeness (QED) is 0.670. The van der Waals surface area contributed by atoms with Gasteiger partial charge in [0, 0.05) is 12.6 Å². The van der Waals surface area contributed by atoms with Crippen LogP contribution >= 0.6 is 12.2 Å². The molecule has 0 unspecified atom stereocenters. The normalized spacial score (nSPS) is 13.0. The highest BCUT2D eigenvalue weighted by molar-refractivity contribution is 7.80. The predicted molar refractivity (Wildman–Crippen MR) is 61.1 cm³/mol. The summed E-state index contributed by atoms with van der Waals surface area (Å²) in [5.41, 5.74) is 0. The standard InChI is InChI=1S/C10H21NOS/c1-5-12-7-10(13)11-9(4)6-8(2)3/h8-9H,5-7H2,1-4H3,(H,11,13)/t9-/m0/s1. The second-order valence-corrected chi connectivity index (χ2v) is 4.23. The molecule has 0 aliphatic heterocycles. The molecular formula is C10H21NOS. The van der Waals surface area contributed by atoms with Crippen LogP contribution in [0, 0.1) is 5.92 Å². The van der Waals surface area contributed by atoms with Crippen molar-refractivity contribution in [3.8, 4) is 0 Å². The Labute approximate surface area is 87.0 Å². The second kappa shape index (κ2) is 7.27. The molecule has 0 aromatic rings. The van der Waals surface area contributed by atoms with E-state index in [-0.39, 0.29) is 0 Å². The summed E-state index contributed by atoms with van der Waals surface area (Å²) < 4.78 is 5.20. The number of rotatable bonds is 6. The lowest BCUT2D eigenvalue weighted by Crippen LogP contribution is -2.34. The van der Waals surface area contributed by atoms with Crippen LogP contribution in [0.4, 0.5) is 0 Å². The summed E-state index contributed by atoms with van der Waals surface area (Å²) in [5, 5.41) is 3.25. The summed E-state index contributed by atoms with van der Waals surface area (Å²) in [5.74, 6) is 0.706. The Bertz CT molecular complexity index is 148. The van der Waals surface area contributed by atoms with Crippen molar-refractivity contribution in [3.63, 3.8) is 0 Å². The summed E-state index contributed by atoms with van der Waals surface area (Å²) in [7, 11) is 0. The topological polar surface area (TPSA) is 21.3 Å². The molecule has 0 rings (SSSR count). The highest BCUT2D eigenvalue weighted by atomic mass is 32.1. The Hall–Kier alpha value is -0.150. The second-order valence-electron chi connectivity index (χ2n) is 3.74. The SMILES string of the molecule is CCOCC(=S)N[C@@H](C)CC(C)C. The first-order valence-electron chi connectivity index (χ1n) is 4.93. The Morgan fingerprint density at radius 2 is 2.00 bits per heavy atom. The molecule has 0 saturated heterocycles. The van der Waals surface area contributed by atoms with Gasteiger partial charge in [0.2, 0.25) is 0 Å². The van der Waals surface area contributed by atoms with Gasteiger partial charge >= 0.3 is 0 Å². The molecule has 3 heteroatoms. The molecule has 0 aromatic carbocycles. The van der Waals surface area contributed by atoms with E-state index >= 15 is 0 Å². The maximum absolute atomic E-state index is 5.20. The van der Waals surface area contributed by atoms with Crippen molar-refractivity contribution in [1.29, 1.82) is 0 Å². The first kappa shape index (κ1) is 12.8. The average Bonchev–Trinajstić information content (AvgIpc) is 1.98. The van der Waals surface area contributed by atoms with Crippen molar-refractivity contribution in [1.82, 2.24) is 5.32 Å². The zero-order valence-electron chi connectivity index (χ0n) is 9.09. The van der Waals surface area contributed by atoms with Gasteiger partial charge in [-0.2, -0.15) is 0 Å². The lowest BCUT2D eigenvalue weighted by molar-refractivity contribution is 0.186. The molecule has 1 atom stereocenters. The van der Waals surface area contributed by atoms with Crippen LogP contribution in [0.2, 0.25) is 0 Å². The molecule has 0 aliphatic rings. The van der Waals surface area contributed by atoms with E-state index in [1.54, 1.807) is 0 Å². The van der Waals surface area contributed by atoms with Gasteiger partial charge < -0.3 is 10.1 Å². The van der Waals surface area contributed by atoms with Crippen molar-refractivity contribution in [3.05, 3.63) is 0 Å². The van der Waals surface area contributed by atoms with Crippen LogP contribution in [0.5, 0.6) is 0 Å². The third-order valence-corrected chi connectivity index (χ3v) is 1.91. The van der Waals surface area contributed by atoms with E-state index < -0.39 is 0 Å². The highest BCUT2D eigenvalue weighted by Crippen LogP contribution is 2.03. The van der Waals surface area contributed by atoms with Gasteiger partial charge in [0.25, 0.3) is 0 Å². The largest absolute Gasteiger partial charge is 0.375 e. The number of ether oxygens (including phenoxy) is 1. The molecule has 0 spiro atoms. The third-order valence-electron chi connectivity index (χ3n) is 1.67. The van der Waals surface area contributed by atoms with Gasteiger partial charge in [-0.1, -0.05) is 26.1 Å². The number of hydrogen-bond donors (Lipinski definition) is 1. The molecule has 0 radical (unpaired) electrons. The monoisotopic (exact) mass is 203 g/mol. The van der Waals surface area contributed by atoms with Gasteiger partial charge in [-0.15, -0.1) is 0 Å². The number of thiocarbonyl (C=S) groups is 1. The van der Waals surface area contributed by atoms with E-state index in [0.29, 0.717) is 18.6 Å². The van der Waals surface area contributed by atoms with Crippen LogP contribution in [-0.4, -0.2) is 24.2 Å². The molecule has 0 aromatic heterocycles. The van der Waals surface area contributed by atoms with E-state index in [2.05, 4.69) is 26.1 Å². The van der Waals surface area contributed by atoms with Crippen LogP contribution in [-0.2, 0) is 4.74 Å². The van der Waals surface area contributed by atoms with Gasteiger partial charge in [-0.25, -0.2) is 0 Å². The first-order valence-corrected chi connectivity index (χ1v) is 5.34. The zero-order valence-corrected chi connectivity index (χ0v) is 9.91. The van der Waals surface area contributed by atoms with Crippen LogP contribution in [0.3, 0.4) is 0 Å². The van der Waals surface area contributed by atoms with Gasteiger partial charge in [-0.3, -0.25) is 0 Å². The molecule has 0 saturated carbocycles. The van der Waals surface area contributed by atoms with Gasteiger partial charge in [0.15, 0.2) is 0 Å². The molecule has 78 valence electrons. The minimum absolute atomic E-state index is 0.452. The number of hydrogen-bond acceptors (Lipinski definition) is 2. The van der Waals surface area contributed by atoms with E-state index in [9.17, 15) is 0 Å². The molecule has 0 fully saturated rings. The summed E-state index contributed by atoms with van der Waals surface area (Å²) in [6.07, 6.45) is 1.15. The first-order chi connectivity index (χ1) is 6.06. The van der Waals surface area contributed by atoms with Crippen LogP contribution in [0.15, 0.2) is 0 Å². The summed E-state index contributed by atoms with van der Waals surface area (Å²) in [6.45, 7) is 9.82. The molecule has 0 aliphatic carbocycles. The minimum Gasteiger partial charge on any atom is -0.375 e. The van der Waals surface area contributed by atoms with Crippen LogP contribution < -0.4 is 5.32 Å². The molecule has 13 heavy (non-hydrogen) atoms. The predicted octanol–water partition coefficient (Wildman–Crippen LogP) is 2.37. The number of nitrogens with one attached hydrogen (secondary N) is 1. The van der Waals surface area contributed by atoms with Gasteiger partial charge in [-0.05, 0) is 26.2 Å². The highest BCUT2D eigenvalue weighted by Gasteiger charge is 2.05. The van der Waals surface area contributed by atoms with Crippen LogP contribution in [0.1, 0.15) is 34.1 Å². The lowest BCUT2D eigenvalue weighted by atomic mass is 10.1. The van der Waals surface area contributed by atoms with Crippen LogP contribution in [0.25, 0.3) is 0 Å². The maximum atomic E-state index is 5.20. The lowest BCUT2D eigenvalue weighted by Gasteiger charge is -2.17. The summed E-state index contributed by atoms with van der Waals surface area (Å²) in [4.78, 5) is 0.815. The molecule has 0 heterocycles. The van der Waals surface area contributed by atoms with E-state index in [1.807, 2.05) is 6.92 Å². The van der Waals surface area contributed by atoms with E-state index in [0.717, 1.165) is 18.0 Å². The molecule has 2 nitrogen and oxygen atoms in total. The molecule has 1 N–H and O–H groups in total. The Balaban J connectivity index is 3.53. The van der Waals surface area contributed by atoms with Crippen molar-refractivity contribution >= 4 is 17.2 Å². The van der Waals surface area contributed by atoms with Crippen molar-refractivity contribution in [2.45, 2.75) is 40.2 Å². The molecular weight excluding hydrogens is 182 g/mol. The Kier molecular flexibility index (Phi) is 7.19. The molecule has 0 bridgehead atoms. The maximum Gasteiger partial charge on any atom is 0.102 e. The molecule has 0 amide bonds. The van der Waals surface area contributed by atoms with E-state index in [1.165, 1.54) is 0 Å². The van der Waals surface area contributed by atoms with Gasteiger partial charge in [0.1, 0.15) is 4.99 Å². The fourth-order valence-corrected chi connectivity index (χ4v) is 1.56. The minimum atomic E-state index is 0.452.